The Morgan fingerprint density at radius 1 is 1.09 bits per heavy atom. The molecule has 0 heterocycles. The zero-order valence-electron chi connectivity index (χ0n) is 11.7. The van der Waals surface area contributed by atoms with E-state index in [0.717, 1.165) is 0 Å². The van der Waals surface area contributed by atoms with Gasteiger partial charge in [-0.05, 0) is 37.3 Å². The smallest absolute Gasteiger partial charge is 0.338 e. The van der Waals surface area contributed by atoms with E-state index in [9.17, 15) is 9.59 Å². The second-order valence-electron chi connectivity index (χ2n) is 4.53. The van der Waals surface area contributed by atoms with Crippen molar-refractivity contribution in [1.82, 2.24) is 0 Å². The number of anilines is 1. The molecule has 0 unspecified atom stereocenters. The Labute approximate surface area is 138 Å². The van der Waals surface area contributed by atoms with Gasteiger partial charge in [0.25, 0.3) is 5.91 Å². The summed E-state index contributed by atoms with van der Waals surface area (Å²) in [7, 11) is 0. The van der Waals surface area contributed by atoms with Crippen LogP contribution in [0.4, 0.5) is 5.69 Å². The number of para-hydroxylation sites is 1. The standard InChI is InChI=1S/C16H13Cl2NO3/c1-10(15(20)19-14-8-3-2-7-13(14)18)22-16(21)11-5-4-6-12(17)9-11/h2-10H,1H3,(H,19,20)/t10-/m0/s1. The van der Waals surface area contributed by atoms with Gasteiger partial charge < -0.3 is 10.1 Å². The number of nitrogens with one attached hydrogen (secondary N) is 1. The van der Waals surface area contributed by atoms with Crippen LogP contribution in [0.15, 0.2) is 48.5 Å². The summed E-state index contributed by atoms with van der Waals surface area (Å²) < 4.78 is 5.11. The lowest BCUT2D eigenvalue weighted by Crippen LogP contribution is -2.30. The molecule has 2 aromatic carbocycles. The number of carbonyl (C=O) groups is 2. The van der Waals surface area contributed by atoms with Gasteiger partial charge in [-0.1, -0.05) is 41.4 Å². The monoisotopic (exact) mass is 337 g/mol. The first-order valence-electron chi connectivity index (χ1n) is 6.49. The zero-order chi connectivity index (χ0) is 16.1. The summed E-state index contributed by atoms with van der Waals surface area (Å²) in [5.74, 6) is -1.09. The number of hydrogen-bond acceptors (Lipinski definition) is 3. The molecular formula is C16H13Cl2NO3. The molecule has 0 aromatic heterocycles. The molecule has 4 nitrogen and oxygen atoms in total. The zero-order valence-corrected chi connectivity index (χ0v) is 13.2. The average Bonchev–Trinajstić information content (AvgIpc) is 2.49. The van der Waals surface area contributed by atoms with Crippen molar-refractivity contribution in [2.24, 2.45) is 0 Å². The van der Waals surface area contributed by atoms with Gasteiger partial charge in [-0.15, -0.1) is 0 Å². The molecule has 114 valence electrons. The normalized spacial score (nSPS) is 11.6. The minimum atomic E-state index is -0.970. The lowest BCUT2D eigenvalue weighted by molar-refractivity contribution is -0.123. The van der Waals surface area contributed by atoms with Gasteiger partial charge in [-0.2, -0.15) is 0 Å². The highest BCUT2D eigenvalue weighted by Crippen LogP contribution is 2.21. The van der Waals surface area contributed by atoms with Crippen molar-refractivity contribution in [3.8, 4) is 0 Å². The topological polar surface area (TPSA) is 55.4 Å². The van der Waals surface area contributed by atoms with Crippen LogP contribution in [-0.4, -0.2) is 18.0 Å². The predicted molar refractivity (Wildman–Crippen MR) is 86.4 cm³/mol. The summed E-state index contributed by atoms with van der Waals surface area (Å²) in [6, 6.07) is 13.1. The molecule has 1 N–H and O–H groups in total. The highest BCUT2D eigenvalue weighted by Gasteiger charge is 2.19. The third kappa shape index (κ3) is 4.23. The second-order valence-corrected chi connectivity index (χ2v) is 5.37. The first kappa shape index (κ1) is 16.3. The Kier molecular flexibility index (Phi) is 5.41. The van der Waals surface area contributed by atoms with E-state index in [1.165, 1.54) is 13.0 Å². The Bertz CT molecular complexity index is 703. The van der Waals surface area contributed by atoms with E-state index in [-0.39, 0.29) is 5.56 Å². The summed E-state index contributed by atoms with van der Waals surface area (Å²) in [5, 5.41) is 3.43. The van der Waals surface area contributed by atoms with Gasteiger partial charge in [0.1, 0.15) is 0 Å². The third-order valence-electron chi connectivity index (χ3n) is 2.85. The summed E-state index contributed by atoms with van der Waals surface area (Å²) in [6.45, 7) is 1.48. The van der Waals surface area contributed by atoms with Crippen LogP contribution in [0.3, 0.4) is 0 Å². The highest BCUT2D eigenvalue weighted by molar-refractivity contribution is 6.33. The fourth-order valence-electron chi connectivity index (χ4n) is 1.69. The summed E-state index contributed by atoms with van der Waals surface area (Å²) >= 11 is 11.8. The van der Waals surface area contributed by atoms with E-state index < -0.39 is 18.0 Å². The Hall–Kier alpha value is -2.04. The van der Waals surface area contributed by atoms with Crippen molar-refractivity contribution in [2.75, 3.05) is 5.32 Å². The van der Waals surface area contributed by atoms with Crippen LogP contribution in [0.1, 0.15) is 17.3 Å². The minimum absolute atomic E-state index is 0.282. The van der Waals surface area contributed by atoms with Gasteiger partial charge in [0.15, 0.2) is 6.10 Å². The Morgan fingerprint density at radius 2 is 1.82 bits per heavy atom. The molecule has 1 atom stereocenters. The molecule has 0 bridgehead atoms. The molecule has 0 aliphatic rings. The van der Waals surface area contributed by atoms with E-state index in [0.29, 0.717) is 15.7 Å². The predicted octanol–water partition coefficient (Wildman–Crippen LogP) is 4.18. The summed E-state index contributed by atoms with van der Waals surface area (Å²) in [4.78, 5) is 24.0. The van der Waals surface area contributed by atoms with E-state index in [1.54, 1.807) is 42.5 Å². The maximum absolute atomic E-state index is 12.0. The van der Waals surface area contributed by atoms with E-state index in [2.05, 4.69) is 5.32 Å². The molecule has 0 saturated carbocycles. The van der Waals surface area contributed by atoms with Crippen molar-refractivity contribution in [3.05, 3.63) is 64.1 Å². The van der Waals surface area contributed by atoms with Gasteiger partial charge in [-0.25, -0.2) is 4.79 Å². The molecule has 0 spiro atoms. The van der Waals surface area contributed by atoms with Gasteiger partial charge in [0.2, 0.25) is 0 Å². The number of halogens is 2. The maximum Gasteiger partial charge on any atom is 0.338 e. The summed E-state index contributed by atoms with van der Waals surface area (Å²) in [6.07, 6.45) is -0.970. The molecule has 1 amide bonds. The molecule has 0 aliphatic heterocycles. The van der Waals surface area contributed by atoms with Crippen LogP contribution >= 0.6 is 23.2 Å². The Balaban J connectivity index is 1.99. The van der Waals surface area contributed by atoms with Crippen molar-refractivity contribution in [3.63, 3.8) is 0 Å². The second kappa shape index (κ2) is 7.29. The van der Waals surface area contributed by atoms with Crippen LogP contribution in [0.2, 0.25) is 10.0 Å². The van der Waals surface area contributed by atoms with E-state index in [4.69, 9.17) is 27.9 Å². The van der Waals surface area contributed by atoms with Gasteiger partial charge in [-0.3, -0.25) is 4.79 Å². The third-order valence-corrected chi connectivity index (χ3v) is 3.41. The number of esters is 1. The number of rotatable bonds is 4. The molecule has 0 radical (unpaired) electrons. The highest BCUT2D eigenvalue weighted by atomic mass is 35.5. The van der Waals surface area contributed by atoms with E-state index >= 15 is 0 Å². The van der Waals surface area contributed by atoms with Crippen LogP contribution in [0, 0.1) is 0 Å². The average molecular weight is 338 g/mol. The van der Waals surface area contributed by atoms with Gasteiger partial charge >= 0.3 is 5.97 Å². The number of benzene rings is 2. The molecule has 2 aromatic rings. The molecule has 0 saturated heterocycles. The molecule has 22 heavy (non-hydrogen) atoms. The quantitative estimate of drug-likeness (QED) is 0.851. The van der Waals surface area contributed by atoms with Gasteiger partial charge in [0.05, 0.1) is 16.3 Å². The van der Waals surface area contributed by atoms with Crippen LogP contribution in [-0.2, 0) is 9.53 Å². The minimum Gasteiger partial charge on any atom is -0.449 e. The number of ether oxygens (including phenoxy) is 1. The fourth-order valence-corrected chi connectivity index (χ4v) is 2.07. The van der Waals surface area contributed by atoms with Crippen molar-refractivity contribution in [2.45, 2.75) is 13.0 Å². The lowest BCUT2D eigenvalue weighted by atomic mass is 10.2. The fraction of sp³-hybridized carbons (Fsp3) is 0.125. The largest absolute Gasteiger partial charge is 0.449 e. The van der Waals surface area contributed by atoms with Crippen LogP contribution < -0.4 is 5.32 Å². The van der Waals surface area contributed by atoms with Gasteiger partial charge in [0, 0.05) is 5.02 Å². The van der Waals surface area contributed by atoms with E-state index in [1.807, 2.05) is 0 Å². The van der Waals surface area contributed by atoms with Crippen LogP contribution in [0.25, 0.3) is 0 Å². The summed E-state index contributed by atoms with van der Waals surface area (Å²) in [5.41, 5.74) is 0.740. The Morgan fingerprint density at radius 3 is 2.50 bits per heavy atom. The molecule has 0 aliphatic carbocycles. The number of carbonyl (C=O) groups excluding carboxylic acids is 2. The van der Waals surface area contributed by atoms with Crippen molar-refractivity contribution in [1.29, 1.82) is 0 Å². The molecule has 0 fully saturated rings. The maximum atomic E-state index is 12.0. The van der Waals surface area contributed by atoms with Crippen molar-refractivity contribution >= 4 is 40.8 Å². The lowest BCUT2D eigenvalue weighted by Gasteiger charge is -2.14. The number of amides is 1. The number of hydrogen-bond donors (Lipinski definition) is 1. The molecule has 6 heteroatoms. The SMILES string of the molecule is C[C@H](OC(=O)c1cccc(Cl)c1)C(=O)Nc1ccccc1Cl. The first-order chi connectivity index (χ1) is 10.5. The van der Waals surface area contributed by atoms with Crippen LogP contribution in [0.5, 0.6) is 0 Å². The first-order valence-corrected chi connectivity index (χ1v) is 7.25. The molecular weight excluding hydrogens is 325 g/mol. The van der Waals surface area contributed by atoms with Crippen molar-refractivity contribution < 1.29 is 14.3 Å². The molecule has 2 rings (SSSR count).